The molecule has 0 aliphatic carbocycles. The van der Waals surface area contributed by atoms with Gasteiger partial charge in [0.15, 0.2) is 0 Å². The van der Waals surface area contributed by atoms with Crippen molar-refractivity contribution in [3.05, 3.63) is 48.5 Å². The van der Waals surface area contributed by atoms with E-state index in [0.29, 0.717) is 6.54 Å². The molecule has 1 amide bonds. The normalized spacial score (nSPS) is 16.6. The highest BCUT2D eigenvalue weighted by molar-refractivity contribution is 5.78. The van der Waals surface area contributed by atoms with Crippen LogP contribution in [0.1, 0.15) is 18.4 Å². The molecular weight excluding hydrogens is 276 g/mol. The molecule has 0 saturated carbocycles. The average molecular weight is 298 g/mol. The van der Waals surface area contributed by atoms with E-state index in [1.54, 1.807) is 12.5 Å². The summed E-state index contributed by atoms with van der Waals surface area (Å²) in [6.07, 6.45) is 7.35. The van der Waals surface area contributed by atoms with Crippen LogP contribution < -0.4 is 5.32 Å². The number of carbonyl (C=O) groups excluding carboxylic acids is 1. The molecule has 22 heavy (non-hydrogen) atoms. The highest BCUT2D eigenvalue weighted by Crippen LogP contribution is 2.17. The topological polar surface area (TPSA) is 50.2 Å². The van der Waals surface area contributed by atoms with E-state index in [0.717, 1.165) is 37.2 Å². The molecule has 5 heteroatoms. The number of likely N-dealkylation sites (tertiary alicyclic amines) is 1. The van der Waals surface area contributed by atoms with E-state index in [4.69, 9.17) is 0 Å². The molecule has 5 nitrogen and oxygen atoms in total. The second kappa shape index (κ2) is 6.75. The van der Waals surface area contributed by atoms with Crippen LogP contribution >= 0.6 is 0 Å². The smallest absolute Gasteiger partial charge is 0.223 e. The van der Waals surface area contributed by atoms with Gasteiger partial charge < -0.3 is 14.8 Å². The summed E-state index contributed by atoms with van der Waals surface area (Å²) < 4.78 is 1.97. The molecule has 2 aromatic rings. The van der Waals surface area contributed by atoms with Gasteiger partial charge >= 0.3 is 0 Å². The Hall–Kier alpha value is -2.14. The van der Waals surface area contributed by atoms with Crippen LogP contribution in [0.25, 0.3) is 5.69 Å². The van der Waals surface area contributed by atoms with Crippen LogP contribution in [-0.2, 0) is 11.3 Å². The van der Waals surface area contributed by atoms with Crippen molar-refractivity contribution in [2.75, 3.05) is 20.1 Å². The molecular formula is C17H22N4O. The summed E-state index contributed by atoms with van der Waals surface area (Å²) >= 11 is 0. The van der Waals surface area contributed by atoms with Crippen molar-refractivity contribution in [1.29, 1.82) is 0 Å². The van der Waals surface area contributed by atoms with E-state index < -0.39 is 0 Å². The summed E-state index contributed by atoms with van der Waals surface area (Å²) in [6.45, 7) is 2.56. The Bertz CT molecular complexity index is 615. The van der Waals surface area contributed by atoms with Gasteiger partial charge in [-0.05, 0) is 44.6 Å². The van der Waals surface area contributed by atoms with Crippen LogP contribution in [0.2, 0.25) is 0 Å². The first-order valence-electron chi connectivity index (χ1n) is 7.76. The van der Waals surface area contributed by atoms with Gasteiger partial charge in [0.05, 0.1) is 12.0 Å². The molecule has 1 aliphatic heterocycles. The monoisotopic (exact) mass is 298 g/mol. The molecule has 1 fully saturated rings. The molecule has 0 radical (unpaired) electrons. The lowest BCUT2D eigenvalue weighted by molar-refractivity contribution is -0.126. The zero-order valence-corrected chi connectivity index (χ0v) is 12.9. The standard InChI is InChI=1S/C17H22N4O/c1-20-9-6-14(7-10-20)17(22)19-12-15-4-2-3-5-16(15)21-11-8-18-13-21/h2-5,8,11,13-14H,6-7,9-10,12H2,1H3,(H,19,22). The van der Waals surface area contributed by atoms with E-state index in [2.05, 4.69) is 22.2 Å². The molecule has 0 spiro atoms. The number of aromatic nitrogens is 2. The predicted molar refractivity (Wildman–Crippen MR) is 85.6 cm³/mol. The van der Waals surface area contributed by atoms with Gasteiger partial charge in [-0.15, -0.1) is 0 Å². The van der Waals surface area contributed by atoms with E-state index in [9.17, 15) is 4.79 Å². The lowest BCUT2D eigenvalue weighted by atomic mass is 9.96. The summed E-state index contributed by atoms with van der Waals surface area (Å²) in [7, 11) is 2.11. The maximum atomic E-state index is 12.3. The van der Waals surface area contributed by atoms with Crippen molar-refractivity contribution >= 4 is 5.91 Å². The summed E-state index contributed by atoms with van der Waals surface area (Å²) in [6, 6.07) is 8.08. The van der Waals surface area contributed by atoms with Gasteiger partial charge in [-0.2, -0.15) is 0 Å². The van der Waals surface area contributed by atoms with E-state index in [1.165, 1.54) is 0 Å². The number of para-hydroxylation sites is 1. The van der Waals surface area contributed by atoms with Crippen molar-refractivity contribution in [2.24, 2.45) is 5.92 Å². The first-order chi connectivity index (χ1) is 10.7. The molecule has 0 bridgehead atoms. The molecule has 1 aromatic carbocycles. The summed E-state index contributed by atoms with van der Waals surface area (Å²) in [5, 5.41) is 3.09. The first-order valence-corrected chi connectivity index (χ1v) is 7.76. The third-order valence-corrected chi connectivity index (χ3v) is 4.32. The third-order valence-electron chi connectivity index (χ3n) is 4.32. The number of carbonyl (C=O) groups is 1. The summed E-state index contributed by atoms with van der Waals surface area (Å²) in [5.41, 5.74) is 2.16. The number of nitrogens with one attached hydrogen (secondary N) is 1. The second-order valence-corrected chi connectivity index (χ2v) is 5.89. The molecule has 1 aromatic heterocycles. The van der Waals surface area contributed by atoms with E-state index in [1.807, 2.05) is 35.0 Å². The third kappa shape index (κ3) is 3.36. The molecule has 3 rings (SSSR count). The van der Waals surface area contributed by atoms with Gasteiger partial charge in [-0.25, -0.2) is 4.98 Å². The lowest BCUT2D eigenvalue weighted by Crippen LogP contribution is -2.38. The maximum absolute atomic E-state index is 12.3. The lowest BCUT2D eigenvalue weighted by Gasteiger charge is -2.28. The molecule has 1 aliphatic rings. The van der Waals surface area contributed by atoms with E-state index >= 15 is 0 Å². The van der Waals surface area contributed by atoms with Crippen LogP contribution in [0.4, 0.5) is 0 Å². The van der Waals surface area contributed by atoms with Gasteiger partial charge in [0.2, 0.25) is 5.91 Å². The minimum Gasteiger partial charge on any atom is -0.352 e. The number of piperidine rings is 1. The molecule has 116 valence electrons. The van der Waals surface area contributed by atoms with E-state index in [-0.39, 0.29) is 11.8 Å². The Balaban J connectivity index is 1.63. The molecule has 1 N–H and O–H groups in total. The number of imidazole rings is 1. The summed E-state index contributed by atoms with van der Waals surface area (Å²) in [4.78, 5) is 18.7. The van der Waals surface area contributed by atoms with Crippen LogP contribution in [-0.4, -0.2) is 40.5 Å². The maximum Gasteiger partial charge on any atom is 0.223 e. The highest BCUT2D eigenvalue weighted by Gasteiger charge is 2.23. The van der Waals surface area contributed by atoms with Crippen LogP contribution in [0, 0.1) is 5.92 Å². The molecule has 2 heterocycles. The summed E-state index contributed by atoms with van der Waals surface area (Å²) in [5.74, 6) is 0.324. The highest BCUT2D eigenvalue weighted by atomic mass is 16.1. The predicted octanol–water partition coefficient (Wildman–Crippen LogP) is 1.83. The zero-order chi connectivity index (χ0) is 15.4. The van der Waals surface area contributed by atoms with Crippen molar-refractivity contribution in [2.45, 2.75) is 19.4 Å². The second-order valence-electron chi connectivity index (χ2n) is 5.89. The van der Waals surface area contributed by atoms with Crippen molar-refractivity contribution < 1.29 is 4.79 Å². The largest absolute Gasteiger partial charge is 0.352 e. The van der Waals surface area contributed by atoms with Crippen molar-refractivity contribution in [3.63, 3.8) is 0 Å². The number of rotatable bonds is 4. The number of benzene rings is 1. The minimum atomic E-state index is 0.150. The van der Waals surface area contributed by atoms with Gasteiger partial charge in [-0.3, -0.25) is 4.79 Å². The van der Waals surface area contributed by atoms with Crippen LogP contribution in [0.3, 0.4) is 0 Å². The van der Waals surface area contributed by atoms with Gasteiger partial charge in [0.25, 0.3) is 0 Å². The van der Waals surface area contributed by atoms with Gasteiger partial charge in [-0.1, -0.05) is 18.2 Å². The molecule has 0 atom stereocenters. The van der Waals surface area contributed by atoms with Crippen molar-refractivity contribution in [3.8, 4) is 5.69 Å². The number of nitrogens with zero attached hydrogens (tertiary/aromatic N) is 3. The fourth-order valence-electron chi connectivity index (χ4n) is 2.91. The van der Waals surface area contributed by atoms with Crippen LogP contribution in [0.15, 0.2) is 43.0 Å². The molecule has 1 saturated heterocycles. The Morgan fingerprint density at radius 3 is 2.82 bits per heavy atom. The number of amides is 1. The minimum absolute atomic E-state index is 0.150. The SMILES string of the molecule is CN1CCC(C(=O)NCc2ccccc2-n2ccnc2)CC1. The number of hydrogen-bond donors (Lipinski definition) is 1. The first kappa shape index (κ1) is 14.8. The fourth-order valence-corrected chi connectivity index (χ4v) is 2.91. The van der Waals surface area contributed by atoms with Gasteiger partial charge in [0.1, 0.15) is 0 Å². The Morgan fingerprint density at radius 2 is 2.09 bits per heavy atom. The molecule has 0 unspecified atom stereocenters. The van der Waals surface area contributed by atoms with Crippen molar-refractivity contribution in [1.82, 2.24) is 19.8 Å². The Morgan fingerprint density at radius 1 is 1.32 bits per heavy atom. The Labute approximate surface area is 131 Å². The van der Waals surface area contributed by atoms with Gasteiger partial charge in [0, 0.05) is 24.9 Å². The Kier molecular flexibility index (Phi) is 4.53. The average Bonchev–Trinajstić information content (AvgIpc) is 3.08. The quantitative estimate of drug-likeness (QED) is 0.937. The fraction of sp³-hybridized carbons (Fsp3) is 0.412. The number of hydrogen-bond acceptors (Lipinski definition) is 3. The zero-order valence-electron chi connectivity index (χ0n) is 12.9. The van der Waals surface area contributed by atoms with Crippen LogP contribution in [0.5, 0.6) is 0 Å².